The first-order valence-corrected chi connectivity index (χ1v) is 8.82. The van der Waals surface area contributed by atoms with Crippen LogP contribution < -0.4 is 4.90 Å². The Morgan fingerprint density at radius 1 is 0.964 bits per heavy atom. The summed E-state index contributed by atoms with van der Waals surface area (Å²) in [5.41, 5.74) is 1.51. The van der Waals surface area contributed by atoms with Crippen molar-refractivity contribution < 1.29 is 14.7 Å². The molecular weight excluding hydrogens is 378 g/mol. The van der Waals surface area contributed by atoms with Crippen LogP contribution in [0.5, 0.6) is 0 Å². The maximum absolute atomic E-state index is 12.9. The molecule has 0 aliphatic carbocycles. The highest BCUT2D eigenvalue weighted by Crippen LogP contribution is 2.42. The van der Waals surface area contributed by atoms with E-state index < -0.39 is 17.7 Å². The number of anilines is 1. The number of benzene rings is 1. The van der Waals surface area contributed by atoms with Gasteiger partial charge in [-0.15, -0.1) is 0 Å². The van der Waals surface area contributed by atoms with Crippen LogP contribution in [0.1, 0.15) is 17.2 Å². The molecule has 1 aliphatic heterocycles. The average Bonchev–Trinajstić information content (AvgIpc) is 3.00. The highest BCUT2D eigenvalue weighted by molar-refractivity contribution is 6.51. The topological polar surface area (TPSA) is 83.4 Å². The molecule has 1 saturated heterocycles. The van der Waals surface area contributed by atoms with E-state index in [2.05, 4.69) is 9.97 Å². The molecule has 28 heavy (non-hydrogen) atoms. The number of aliphatic hydroxyl groups is 1. The van der Waals surface area contributed by atoms with Crippen LogP contribution in [0.15, 0.2) is 78.9 Å². The van der Waals surface area contributed by atoms with Crippen molar-refractivity contribution in [1.82, 2.24) is 9.97 Å². The number of aliphatic hydroxyl groups excluding tert-OH is 1. The zero-order valence-corrected chi connectivity index (χ0v) is 15.2. The zero-order chi connectivity index (χ0) is 19.7. The fourth-order valence-corrected chi connectivity index (χ4v) is 3.44. The Labute approximate surface area is 165 Å². The van der Waals surface area contributed by atoms with E-state index in [1.165, 1.54) is 17.3 Å². The summed E-state index contributed by atoms with van der Waals surface area (Å²) >= 11 is 6.09. The lowest BCUT2D eigenvalue weighted by atomic mass is 9.96. The molecule has 0 radical (unpaired) electrons. The number of hydrogen-bond acceptors (Lipinski definition) is 5. The summed E-state index contributed by atoms with van der Waals surface area (Å²) in [7, 11) is 0. The van der Waals surface area contributed by atoms with Crippen molar-refractivity contribution in [3.05, 3.63) is 95.0 Å². The third-order valence-electron chi connectivity index (χ3n) is 4.51. The normalized spacial score (nSPS) is 18.5. The minimum Gasteiger partial charge on any atom is -0.507 e. The van der Waals surface area contributed by atoms with Gasteiger partial charge in [-0.3, -0.25) is 24.5 Å². The monoisotopic (exact) mass is 391 g/mol. The van der Waals surface area contributed by atoms with Crippen molar-refractivity contribution in [1.29, 1.82) is 0 Å². The van der Waals surface area contributed by atoms with Gasteiger partial charge in [-0.2, -0.15) is 0 Å². The van der Waals surface area contributed by atoms with E-state index in [9.17, 15) is 14.7 Å². The minimum atomic E-state index is -0.811. The molecule has 4 rings (SSSR count). The molecule has 1 aromatic carbocycles. The molecule has 1 amide bonds. The van der Waals surface area contributed by atoms with Gasteiger partial charge in [0.05, 0.1) is 11.6 Å². The molecule has 2 aromatic heterocycles. The van der Waals surface area contributed by atoms with E-state index >= 15 is 0 Å². The third-order valence-corrected chi connectivity index (χ3v) is 4.74. The molecule has 0 saturated carbocycles. The summed E-state index contributed by atoms with van der Waals surface area (Å²) in [5, 5.41) is 11.3. The number of carbonyl (C=O) groups excluding carboxylic acids is 2. The molecular formula is C21H14ClN3O3. The van der Waals surface area contributed by atoms with Gasteiger partial charge >= 0.3 is 0 Å². The van der Waals surface area contributed by atoms with Gasteiger partial charge in [0.2, 0.25) is 0 Å². The second-order valence-electron chi connectivity index (χ2n) is 6.17. The number of ketones is 1. The molecule has 0 spiro atoms. The van der Waals surface area contributed by atoms with Gasteiger partial charge in [-0.1, -0.05) is 17.7 Å². The number of halogens is 1. The van der Waals surface area contributed by atoms with Gasteiger partial charge in [-0.25, -0.2) is 0 Å². The molecule has 3 heterocycles. The lowest BCUT2D eigenvalue weighted by Crippen LogP contribution is -2.29. The van der Waals surface area contributed by atoms with Crippen molar-refractivity contribution in [2.45, 2.75) is 6.04 Å². The summed E-state index contributed by atoms with van der Waals surface area (Å²) in [5.74, 6) is -1.76. The Bertz CT molecular complexity index is 1080. The third kappa shape index (κ3) is 3.04. The number of aromatic nitrogens is 2. The Morgan fingerprint density at radius 3 is 2.25 bits per heavy atom. The van der Waals surface area contributed by atoms with Crippen molar-refractivity contribution >= 4 is 34.7 Å². The predicted molar refractivity (Wildman–Crippen MR) is 105 cm³/mol. The predicted octanol–water partition coefficient (Wildman–Crippen LogP) is 3.76. The Kier molecular flexibility index (Phi) is 4.63. The molecule has 1 unspecified atom stereocenters. The molecule has 7 heteroatoms. The lowest BCUT2D eigenvalue weighted by Gasteiger charge is -2.25. The van der Waals surface area contributed by atoms with E-state index in [0.29, 0.717) is 21.8 Å². The summed E-state index contributed by atoms with van der Waals surface area (Å²) in [4.78, 5) is 35.1. The van der Waals surface area contributed by atoms with E-state index in [0.717, 1.165) is 0 Å². The van der Waals surface area contributed by atoms with Gasteiger partial charge in [-0.05, 0) is 48.0 Å². The van der Waals surface area contributed by atoms with Gasteiger partial charge in [0, 0.05) is 41.1 Å². The molecule has 0 bridgehead atoms. The fraction of sp³-hybridized carbons (Fsp3) is 0.0476. The highest BCUT2D eigenvalue weighted by atomic mass is 35.5. The molecule has 1 aliphatic rings. The number of rotatable bonds is 3. The zero-order valence-electron chi connectivity index (χ0n) is 14.5. The average molecular weight is 392 g/mol. The molecule has 138 valence electrons. The van der Waals surface area contributed by atoms with Crippen LogP contribution in [0.25, 0.3) is 5.76 Å². The van der Waals surface area contributed by atoms with E-state index in [-0.39, 0.29) is 11.3 Å². The van der Waals surface area contributed by atoms with Crippen molar-refractivity contribution in [2.24, 2.45) is 0 Å². The van der Waals surface area contributed by atoms with Crippen LogP contribution in [-0.4, -0.2) is 26.8 Å². The first-order chi connectivity index (χ1) is 13.6. The standard InChI is InChI=1S/C21H14ClN3O3/c22-15-2-1-3-16(12-15)25-18(13-4-8-23-9-5-13)17(20(27)21(25)28)19(26)14-6-10-24-11-7-14/h1-12,18,26H/b19-17+. The van der Waals surface area contributed by atoms with Gasteiger partial charge in [0.25, 0.3) is 11.7 Å². The number of pyridine rings is 2. The number of amides is 1. The molecule has 3 aromatic rings. The van der Waals surface area contributed by atoms with Crippen molar-refractivity contribution in [3.8, 4) is 0 Å². The van der Waals surface area contributed by atoms with E-state index in [4.69, 9.17) is 11.6 Å². The van der Waals surface area contributed by atoms with Crippen LogP contribution in [0, 0.1) is 0 Å². The molecule has 6 nitrogen and oxygen atoms in total. The maximum atomic E-state index is 12.9. The quantitative estimate of drug-likeness (QED) is 0.417. The fourth-order valence-electron chi connectivity index (χ4n) is 3.25. The summed E-state index contributed by atoms with van der Waals surface area (Å²) in [6, 6.07) is 12.4. The summed E-state index contributed by atoms with van der Waals surface area (Å²) < 4.78 is 0. The number of Topliss-reactive ketones (excluding diaryl/α,β-unsaturated/α-hetero) is 1. The Hall–Kier alpha value is -3.51. The molecule has 1 atom stereocenters. The number of hydrogen-bond donors (Lipinski definition) is 1. The Balaban J connectivity index is 1.95. The van der Waals surface area contributed by atoms with Gasteiger partial charge < -0.3 is 5.11 Å². The van der Waals surface area contributed by atoms with Crippen LogP contribution in [0.3, 0.4) is 0 Å². The largest absolute Gasteiger partial charge is 0.507 e. The highest BCUT2D eigenvalue weighted by Gasteiger charge is 2.46. The second kappa shape index (κ2) is 7.25. The number of carbonyl (C=O) groups is 2. The SMILES string of the molecule is O=C1C(=O)N(c2cccc(Cl)c2)C(c2ccncc2)/C1=C(\O)c1ccncc1. The van der Waals surface area contributed by atoms with Gasteiger partial charge in [0.1, 0.15) is 5.76 Å². The van der Waals surface area contributed by atoms with Crippen molar-refractivity contribution in [2.75, 3.05) is 4.90 Å². The van der Waals surface area contributed by atoms with Gasteiger partial charge in [0.15, 0.2) is 0 Å². The smallest absolute Gasteiger partial charge is 0.300 e. The first kappa shape index (κ1) is 17.9. The van der Waals surface area contributed by atoms with E-state index in [1.54, 1.807) is 60.9 Å². The first-order valence-electron chi connectivity index (χ1n) is 8.45. The minimum absolute atomic E-state index is 0.00220. The summed E-state index contributed by atoms with van der Waals surface area (Å²) in [6.07, 6.45) is 6.15. The molecule has 1 N–H and O–H groups in total. The van der Waals surface area contributed by atoms with Crippen LogP contribution in [0.2, 0.25) is 5.02 Å². The molecule has 1 fully saturated rings. The Morgan fingerprint density at radius 2 is 1.61 bits per heavy atom. The second-order valence-corrected chi connectivity index (χ2v) is 6.60. The van der Waals surface area contributed by atoms with E-state index in [1.807, 2.05) is 0 Å². The summed E-state index contributed by atoms with van der Waals surface area (Å²) in [6.45, 7) is 0. The van der Waals surface area contributed by atoms with Crippen molar-refractivity contribution in [3.63, 3.8) is 0 Å². The lowest BCUT2D eigenvalue weighted by molar-refractivity contribution is -0.132. The van der Waals surface area contributed by atoms with Crippen LogP contribution >= 0.6 is 11.6 Å². The van der Waals surface area contributed by atoms with Crippen LogP contribution in [0.4, 0.5) is 5.69 Å². The maximum Gasteiger partial charge on any atom is 0.300 e. The van der Waals surface area contributed by atoms with Crippen LogP contribution in [-0.2, 0) is 9.59 Å². The number of nitrogens with zero attached hydrogens (tertiary/aromatic N) is 3.